The number of amides is 1. The minimum Gasteiger partial charge on any atom is -0.493 e. The number of halogens is 1. The van der Waals surface area contributed by atoms with Crippen LogP contribution in [0, 0.1) is 10.5 Å². The molecule has 6 heteroatoms. The number of aryl methyl sites for hydroxylation is 1. The first kappa shape index (κ1) is 21.0. The van der Waals surface area contributed by atoms with Crippen LogP contribution in [0.3, 0.4) is 0 Å². The molecule has 0 atom stereocenters. The highest BCUT2D eigenvalue weighted by Crippen LogP contribution is 2.34. The number of hydrogen-bond acceptors (Lipinski definition) is 4. The Morgan fingerprint density at radius 1 is 1.03 bits per heavy atom. The van der Waals surface area contributed by atoms with Crippen molar-refractivity contribution in [1.29, 1.82) is 0 Å². The van der Waals surface area contributed by atoms with Crippen molar-refractivity contribution >= 4 is 39.9 Å². The molecule has 0 heterocycles. The fraction of sp³-hybridized carbons (Fsp3) is 0.174. The summed E-state index contributed by atoms with van der Waals surface area (Å²) in [7, 11) is 1.60. The summed E-state index contributed by atoms with van der Waals surface area (Å²) in [5.74, 6) is 0.946. The largest absolute Gasteiger partial charge is 0.493 e. The molecule has 150 valence electrons. The van der Waals surface area contributed by atoms with Gasteiger partial charge < -0.3 is 20.1 Å². The van der Waals surface area contributed by atoms with Crippen LogP contribution in [0.15, 0.2) is 66.7 Å². The first-order valence-electron chi connectivity index (χ1n) is 9.20. The van der Waals surface area contributed by atoms with Gasteiger partial charge in [0.15, 0.2) is 18.1 Å². The fourth-order valence-electron chi connectivity index (χ4n) is 2.84. The van der Waals surface area contributed by atoms with Gasteiger partial charge in [-0.15, -0.1) is 0 Å². The Kier molecular flexibility index (Phi) is 7.35. The van der Waals surface area contributed by atoms with Gasteiger partial charge in [0.05, 0.1) is 10.7 Å². The number of benzene rings is 3. The van der Waals surface area contributed by atoms with Crippen LogP contribution in [0.4, 0.5) is 11.4 Å². The molecule has 0 saturated carbocycles. The van der Waals surface area contributed by atoms with Gasteiger partial charge in [0, 0.05) is 17.9 Å². The highest BCUT2D eigenvalue weighted by Gasteiger charge is 2.14. The zero-order valence-corrected chi connectivity index (χ0v) is 18.5. The van der Waals surface area contributed by atoms with E-state index in [1.165, 1.54) is 5.56 Å². The molecule has 3 rings (SSSR count). The zero-order chi connectivity index (χ0) is 20.6. The average molecular weight is 502 g/mol. The predicted octanol–water partition coefficient (Wildman–Crippen LogP) is 5.24. The molecule has 0 saturated heterocycles. The molecule has 0 bridgehead atoms. The molecule has 0 aliphatic carbocycles. The number of methoxy groups -OCH3 is 1. The van der Waals surface area contributed by atoms with Gasteiger partial charge in [-0.2, -0.15) is 0 Å². The Morgan fingerprint density at radius 2 is 1.76 bits per heavy atom. The van der Waals surface area contributed by atoms with Crippen LogP contribution in [0.25, 0.3) is 0 Å². The second-order valence-corrected chi connectivity index (χ2v) is 7.64. The van der Waals surface area contributed by atoms with E-state index in [2.05, 4.69) is 52.3 Å². The molecule has 0 unspecified atom stereocenters. The maximum atomic E-state index is 12.2. The highest BCUT2D eigenvalue weighted by molar-refractivity contribution is 14.1. The summed E-state index contributed by atoms with van der Waals surface area (Å²) in [6, 6.07) is 21.4. The molecule has 0 fully saturated rings. The Bertz CT molecular complexity index is 977. The zero-order valence-electron chi connectivity index (χ0n) is 16.4. The molecule has 0 spiro atoms. The van der Waals surface area contributed by atoms with Gasteiger partial charge in [-0.1, -0.05) is 36.4 Å². The Balaban J connectivity index is 1.65. The van der Waals surface area contributed by atoms with Crippen molar-refractivity contribution in [3.63, 3.8) is 0 Å². The summed E-state index contributed by atoms with van der Waals surface area (Å²) < 4.78 is 12.2. The minimum absolute atomic E-state index is 0.0952. The molecule has 3 aromatic carbocycles. The lowest BCUT2D eigenvalue weighted by molar-refractivity contribution is -0.118. The Hall–Kier alpha value is -2.74. The Morgan fingerprint density at radius 3 is 2.48 bits per heavy atom. The maximum absolute atomic E-state index is 12.2. The molecule has 5 nitrogen and oxygen atoms in total. The van der Waals surface area contributed by atoms with Crippen LogP contribution in [0.5, 0.6) is 11.5 Å². The third-order valence-corrected chi connectivity index (χ3v) is 5.12. The van der Waals surface area contributed by atoms with E-state index in [0.717, 1.165) is 20.5 Å². The molecular formula is C23H23IN2O3. The van der Waals surface area contributed by atoms with Gasteiger partial charge >= 0.3 is 0 Å². The summed E-state index contributed by atoms with van der Waals surface area (Å²) in [4.78, 5) is 12.2. The van der Waals surface area contributed by atoms with E-state index in [1.807, 2.05) is 54.6 Å². The van der Waals surface area contributed by atoms with Crippen molar-refractivity contribution in [3.05, 3.63) is 81.4 Å². The molecule has 3 aromatic rings. The smallest absolute Gasteiger partial charge is 0.262 e. The first-order valence-corrected chi connectivity index (χ1v) is 10.3. The molecule has 2 N–H and O–H groups in total. The summed E-state index contributed by atoms with van der Waals surface area (Å²) in [5, 5.41) is 6.25. The summed E-state index contributed by atoms with van der Waals surface area (Å²) in [6.07, 6.45) is 0. The van der Waals surface area contributed by atoms with Crippen LogP contribution in [-0.2, 0) is 11.3 Å². The third kappa shape index (κ3) is 5.87. The normalized spacial score (nSPS) is 10.3. The van der Waals surface area contributed by atoms with Crippen molar-refractivity contribution in [1.82, 2.24) is 0 Å². The molecule has 0 aliphatic rings. The van der Waals surface area contributed by atoms with Gasteiger partial charge in [-0.3, -0.25) is 4.79 Å². The lowest BCUT2D eigenvalue weighted by atomic mass is 10.1. The van der Waals surface area contributed by atoms with E-state index < -0.39 is 0 Å². The fourth-order valence-corrected chi connectivity index (χ4v) is 3.66. The van der Waals surface area contributed by atoms with Gasteiger partial charge in [0.25, 0.3) is 5.91 Å². The van der Waals surface area contributed by atoms with Crippen LogP contribution < -0.4 is 20.1 Å². The number of nitrogens with one attached hydrogen (secondary N) is 2. The second-order valence-electron chi connectivity index (χ2n) is 6.48. The van der Waals surface area contributed by atoms with Gasteiger partial charge in [-0.05, 0) is 71.0 Å². The van der Waals surface area contributed by atoms with Crippen molar-refractivity contribution in [3.8, 4) is 11.5 Å². The summed E-state index contributed by atoms with van der Waals surface area (Å²) in [5.41, 5.74) is 4.09. The number of anilines is 2. The van der Waals surface area contributed by atoms with E-state index in [-0.39, 0.29) is 12.5 Å². The molecule has 0 aromatic heterocycles. The van der Waals surface area contributed by atoms with Crippen LogP contribution in [-0.4, -0.2) is 19.6 Å². The van der Waals surface area contributed by atoms with Crippen LogP contribution in [0.2, 0.25) is 0 Å². The minimum atomic E-state index is -0.223. The van der Waals surface area contributed by atoms with E-state index in [4.69, 9.17) is 9.47 Å². The predicted molar refractivity (Wildman–Crippen MR) is 125 cm³/mol. The molecule has 1 amide bonds. The second kappa shape index (κ2) is 10.2. The van der Waals surface area contributed by atoms with Gasteiger partial charge in [-0.25, -0.2) is 0 Å². The number of rotatable bonds is 8. The van der Waals surface area contributed by atoms with Gasteiger partial charge in [0.1, 0.15) is 0 Å². The highest BCUT2D eigenvalue weighted by atomic mass is 127. The van der Waals surface area contributed by atoms with Crippen molar-refractivity contribution in [2.24, 2.45) is 0 Å². The van der Waals surface area contributed by atoms with E-state index in [1.54, 1.807) is 7.11 Å². The monoisotopic (exact) mass is 502 g/mol. The summed E-state index contributed by atoms with van der Waals surface area (Å²) in [6.45, 7) is 2.64. The lowest BCUT2D eigenvalue weighted by Crippen LogP contribution is -2.20. The van der Waals surface area contributed by atoms with Crippen LogP contribution >= 0.6 is 22.6 Å². The quantitative estimate of drug-likeness (QED) is 0.414. The van der Waals surface area contributed by atoms with E-state index in [0.29, 0.717) is 18.0 Å². The SMILES string of the molecule is COc1cc(CNc2ccccc2C)cc(I)c1OCC(=O)Nc1ccccc1. The number of hydrogen-bond donors (Lipinski definition) is 2. The molecular weight excluding hydrogens is 479 g/mol. The molecule has 29 heavy (non-hydrogen) atoms. The third-order valence-electron chi connectivity index (χ3n) is 4.32. The number of para-hydroxylation sites is 2. The standard InChI is InChI=1S/C23H23IN2O3/c1-16-8-6-7-11-20(16)25-14-17-12-19(24)23(21(13-17)28-2)29-15-22(27)26-18-9-4-3-5-10-18/h3-13,25H,14-15H2,1-2H3,(H,26,27). The topological polar surface area (TPSA) is 59.6 Å². The van der Waals surface area contributed by atoms with Gasteiger partial charge in [0.2, 0.25) is 0 Å². The first-order chi connectivity index (χ1) is 14.1. The summed E-state index contributed by atoms with van der Waals surface area (Å²) >= 11 is 2.20. The lowest BCUT2D eigenvalue weighted by Gasteiger charge is -2.15. The van der Waals surface area contributed by atoms with E-state index in [9.17, 15) is 4.79 Å². The van der Waals surface area contributed by atoms with Crippen LogP contribution in [0.1, 0.15) is 11.1 Å². The Labute approximate surface area is 184 Å². The number of ether oxygens (including phenoxy) is 2. The maximum Gasteiger partial charge on any atom is 0.262 e. The van der Waals surface area contributed by atoms with Crippen molar-refractivity contribution < 1.29 is 14.3 Å². The van der Waals surface area contributed by atoms with Crippen molar-refractivity contribution in [2.75, 3.05) is 24.4 Å². The number of carbonyl (C=O) groups is 1. The number of carbonyl (C=O) groups excluding carboxylic acids is 1. The van der Waals surface area contributed by atoms with E-state index >= 15 is 0 Å². The average Bonchev–Trinajstić information content (AvgIpc) is 2.72. The molecule has 0 radical (unpaired) electrons. The van der Waals surface area contributed by atoms with Crippen molar-refractivity contribution in [2.45, 2.75) is 13.5 Å². The molecule has 0 aliphatic heterocycles.